The van der Waals surface area contributed by atoms with Crippen LogP contribution in [0.3, 0.4) is 0 Å². The van der Waals surface area contributed by atoms with E-state index >= 15 is 0 Å². The number of H-pyrrole nitrogens is 1. The molecular weight excluding hydrogens is 708 g/mol. The SMILES string of the molecule is CC(C)CC1NC(=O)C2Cc3c([nH]c4ccccc34)SCC(NC(=O)C(C(C)O)NC(=O)C(C)NC1=O)C(=O)N1CC(O)CC1C(=O)NC(C)C(=O)N2. The summed E-state index contributed by atoms with van der Waals surface area (Å²) >= 11 is 1.14. The topological polar surface area (TPSA) is 251 Å². The number of benzene rings is 1. The molecular formula is C35H48N8O9S. The molecule has 1 fully saturated rings. The van der Waals surface area contributed by atoms with Gasteiger partial charge in [0.05, 0.1) is 17.2 Å². The second-order valence-electron chi connectivity index (χ2n) is 14.4. The van der Waals surface area contributed by atoms with E-state index in [0.29, 0.717) is 16.1 Å². The minimum Gasteiger partial charge on any atom is -0.391 e. The zero-order valence-corrected chi connectivity index (χ0v) is 31.0. The minimum absolute atomic E-state index is 0.0740. The summed E-state index contributed by atoms with van der Waals surface area (Å²) in [7, 11) is 0. The van der Waals surface area contributed by atoms with Crippen molar-refractivity contribution in [2.24, 2.45) is 5.92 Å². The summed E-state index contributed by atoms with van der Waals surface area (Å²) in [6.45, 7) is 7.53. The second-order valence-corrected chi connectivity index (χ2v) is 15.4. The highest BCUT2D eigenvalue weighted by Gasteiger charge is 2.43. The Kier molecular flexibility index (Phi) is 12.3. The number of carbonyl (C=O) groups excluding carboxylic acids is 7. The third-order valence-electron chi connectivity index (χ3n) is 9.60. The first-order chi connectivity index (χ1) is 25.0. The summed E-state index contributed by atoms with van der Waals surface area (Å²) in [5, 5.41) is 38.3. The molecule has 2 aromatic rings. The van der Waals surface area contributed by atoms with Crippen molar-refractivity contribution in [3.05, 3.63) is 29.8 Å². The van der Waals surface area contributed by atoms with Gasteiger partial charge in [-0.15, -0.1) is 11.8 Å². The second kappa shape index (κ2) is 16.6. The number of hydrogen-bond acceptors (Lipinski definition) is 10. The van der Waals surface area contributed by atoms with E-state index in [4.69, 9.17) is 0 Å². The molecule has 9 unspecified atom stereocenters. The number of para-hydroxylation sites is 1. The lowest BCUT2D eigenvalue weighted by atomic mass is 10.00. The van der Waals surface area contributed by atoms with E-state index < -0.39 is 95.9 Å². The first-order valence-electron chi connectivity index (χ1n) is 17.7. The van der Waals surface area contributed by atoms with Gasteiger partial charge in [-0.05, 0) is 44.7 Å². The third-order valence-corrected chi connectivity index (χ3v) is 10.7. The van der Waals surface area contributed by atoms with Crippen LogP contribution in [0.2, 0.25) is 0 Å². The van der Waals surface area contributed by atoms with Crippen LogP contribution in [0.5, 0.6) is 0 Å². The highest BCUT2D eigenvalue weighted by atomic mass is 32.2. The van der Waals surface area contributed by atoms with Gasteiger partial charge in [-0.25, -0.2) is 0 Å². The van der Waals surface area contributed by atoms with Gasteiger partial charge in [-0.1, -0.05) is 32.0 Å². The fourth-order valence-corrected chi connectivity index (χ4v) is 7.84. The number of rotatable bonds is 3. The number of carbonyl (C=O) groups is 7. The number of amides is 7. The van der Waals surface area contributed by atoms with Crippen LogP contribution in [-0.4, -0.2) is 128 Å². The summed E-state index contributed by atoms with van der Waals surface area (Å²) < 4.78 is 0. The van der Waals surface area contributed by atoms with Crippen molar-refractivity contribution in [3.8, 4) is 0 Å². The molecule has 53 heavy (non-hydrogen) atoms. The van der Waals surface area contributed by atoms with Crippen molar-refractivity contribution in [2.75, 3.05) is 12.3 Å². The van der Waals surface area contributed by atoms with Crippen LogP contribution in [0.25, 0.3) is 10.9 Å². The number of fused-ring (bicyclic) bond motifs is 5. The Hall–Kier alpha value is -4.68. The Balaban J connectivity index is 1.68. The third kappa shape index (κ3) is 9.10. The van der Waals surface area contributed by atoms with Gasteiger partial charge in [0.25, 0.3) is 0 Å². The zero-order chi connectivity index (χ0) is 38.7. The molecule has 0 radical (unpaired) electrons. The molecule has 1 aromatic heterocycles. The Morgan fingerprint density at radius 2 is 1.43 bits per heavy atom. The van der Waals surface area contributed by atoms with Gasteiger partial charge in [0.15, 0.2) is 0 Å². The summed E-state index contributed by atoms with van der Waals surface area (Å²) in [4.78, 5) is 101. The monoisotopic (exact) mass is 756 g/mol. The highest BCUT2D eigenvalue weighted by molar-refractivity contribution is 7.99. The van der Waals surface area contributed by atoms with Crippen LogP contribution >= 0.6 is 11.8 Å². The highest BCUT2D eigenvalue weighted by Crippen LogP contribution is 2.32. The lowest BCUT2D eigenvalue weighted by Gasteiger charge is -2.30. The van der Waals surface area contributed by atoms with Crippen LogP contribution in [-0.2, 0) is 40.0 Å². The smallest absolute Gasteiger partial charge is 0.246 e. The summed E-state index contributed by atoms with van der Waals surface area (Å²) in [5.74, 6) is -5.48. The number of aromatic nitrogens is 1. The van der Waals surface area contributed by atoms with E-state index in [9.17, 15) is 43.8 Å². The molecule has 1 aromatic carbocycles. The van der Waals surface area contributed by atoms with Crippen molar-refractivity contribution >= 4 is 64.0 Å². The fourth-order valence-electron chi connectivity index (χ4n) is 6.73. The van der Waals surface area contributed by atoms with E-state index in [1.807, 2.05) is 32.0 Å². The van der Waals surface area contributed by atoms with Crippen LogP contribution in [0.15, 0.2) is 29.3 Å². The van der Waals surface area contributed by atoms with Gasteiger partial charge in [-0.3, -0.25) is 33.6 Å². The molecule has 4 heterocycles. The molecule has 17 nitrogen and oxygen atoms in total. The predicted molar refractivity (Wildman–Crippen MR) is 193 cm³/mol. The van der Waals surface area contributed by atoms with Crippen LogP contribution in [0, 0.1) is 5.92 Å². The van der Waals surface area contributed by atoms with Crippen molar-refractivity contribution in [1.82, 2.24) is 41.8 Å². The van der Waals surface area contributed by atoms with Crippen LogP contribution < -0.4 is 31.9 Å². The molecule has 3 aliphatic heterocycles. The largest absolute Gasteiger partial charge is 0.391 e. The lowest BCUT2D eigenvalue weighted by Crippen LogP contribution is -2.61. The number of aromatic amines is 1. The fraction of sp³-hybridized carbons (Fsp3) is 0.571. The number of aliphatic hydroxyl groups is 2. The number of nitrogens with one attached hydrogen (secondary N) is 7. The van der Waals surface area contributed by atoms with Gasteiger partial charge in [0.2, 0.25) is 41.4 Å². The zero-order valence-electron chi connectivity index (χ0n) is 30.2. The maximum Gasteiger partial charge on any atom is 0.246 e. The number of nitrogens with zero attached hydrogens (tertiary/aromatic N) is 1. The van der Waals surface area contributed by atoms with Gasteiger partial charge < -0.3 is 52.0 Å². The molecule has 9 atom stereocenters. The standard InChI is InChI=1S/C35H48N8O9S/c1-15(2)10-23-30(48)36-17(4)29(47)42-27(18(5)44)33(51)40-25-14-53-34-21(20-8-6-7-9-22(20)41-34)12-24(31(49)39-23)38-28(46)16(3)37-32(50)26-11-19(45)13-43(26)35(25)52/h6-9,15-19,23-27,41,44-45H,10-14H2,1-5H3,(H,36,48)(H,37,50)(H,38,46)(H,39,49)(H,40,51)(H,42,47). The molecule has 5 rings (SSSR count). The molecule has 7 amide bonds. The molecule has 2 bridgehead atoms. The minimum atomic E-state index is -1.56. The average molecular weight is 757 g/mol. The quantitative estimate of drug-likeness (QED) is 0.169. The number of aliphatic hydroxyl groups excluding tert-OH is 2. The Bertz CT molecular complexity index is 1770. The van der Waals surface area contributed by atoms with E-state index in [0.717, 1.165) is 22.0 Å². The van der Waals surface area contributed by atoms with E-state index in [-0.39, 0.29) is 37.5 Å². The van der Waals surface area contributed by atoms with Crippen molar-refractivity contribution < 1.29 is 43.8 Å². The van der Waals surface area contributed by atoms with Gasteiger partial charge in [0.1, 0.15) is 42.3 Å². The molecule has 9 N–H and O–H groups in total. The van der Waals surface area contributed by atoms with Gasteiger partial charge >= 0.3 is 0 Å². The van der Waals surface area contributed by atoms with E-state index in [1.165, 1.54) is 20.8 Å². The van der Waals surface area contributed by atoms with Gasteiger partial charge in [-0.2, -0.15) is 0 Å². The molecule has 0 spiro atoms. The molecule has 288 valence electrons. The Labute approximate surface area is 310 Å². The van der Waals surface area contributed by atoms with Crippen LogP contribution in [0.4, 0.5) is 0 Å². The van der Waals surface area contributed by atoms with E-state index in [2.05, 4.69) is 36.9 Å². The normalized spacial score (nSPS) is 30.3. The Morgan fingerprint density at radius 1 is 0.792 bits per heavy atom. The molecule has 0 aliphatic carbocycles. The number of thioether (sulfide) groups is 1. The summed E-state index contributed by atoms with van der Waals surface area (Å²) in [6, 6.07) is -1.67. The Morgan fingerprint density at radius 3 is 2.11 bits per heavy atom. The predicted octanol–water partition coefficient (Wildman–Crippen LogP) is -1.83. The average Bonchev–Trinajstić information content (AvgIpc) is 3.66. The number of hydrogen-bond donors (Lipinski definition) is 9. The molecule has 1 saturated heterocycles. The van der Waals surface area contributed by atoms with Crippen LogP contribution in [0.1, 0.15) is 53.0 Å². The van der Waals surface area contributed by atoms with Crippen molar-refractivity contribution in [3.63, 3.8) is 0 Å². The summed E-state index contributed by atoms with van der Waals surface area (Å²) in [6.07, 6.45) is -2.57. The molecule has 0 saturated carbocycles. The van der Waals surface area contributed by atoms with Crippen molar-refractivity contribution in [2.45, 2.75) is 113 Å². The van der Waals surface area contributed by atoms with Gasteiger partial charge in [0, 0.05) is 36.0 Å². The molecule has 18 heteroatoms. The summed E-state index contributed by atoms with van der Waals surface area (Å²) in [5.41, 5.74) is 1.30. The van der Waals surface area contributed by atoms with E-state index in [1.54, 1.807) is 6.07 Å². The first-order valence-corrected chi connectivity index (χ1v) is 18.7. The maximum absolute atomic E-state index is 14.3. The maximum atomic E-state index is 14.3. The lowest BCUT2D eigenvalue weighted by molar-refractivity contribution is -0.142. The van der Waals surface area contributed by atoms with Crippen molar-refractivity contribution in [1.29, 1.82) is 0 Å². The molecule has 3 aliphatic rings. The first kappa shape index (κ1) is 39.5.